The highest BCUT2D eigenvalue weighted by molar-refractivity contribution is 5.82. The van der Waals surface area contributed by atoms with Gasteiger partial charge in [-0.1, -0.05) is 31.3 Å². The second kappa shape index (κ2) is 16.0. The minimum absolute atomic E-state index is 0.0352. The number of hydrogen-bond acceptors (Lipinski definition) is 9. The van der Waals surface area contributed by atoms with Gasteiger partial charge in [0.1, 0.15) is 0 Å². The molecule has 1 rings (SSSR count). The fourth-order valence-electron chi connectivity index (χ4n) is 2.13. The van der Waals surface area contributed by atoms with E-state index in [9.17, 15) is 19.5 Å². The van der Waals surface area contributed by atoms with Gasteiger partial charge in [0.05, 0.1) is 25.3 Å². The normalized spacial score (nSPS) is 13.2. The number of carbonyl (C=O) groups excluding carboxylic acids is 2. The number of carboxylic acid groups (broad SMARTS) is 1. The second-order valence-corrected chi connectivity index (χ2v) is 6.76. The first-order valence-electron chi connectivity index (χ1n) is 10.0. The lowest BCUT2D eigenvalue weighted by Gasteiger charge is -2.16. The molecule has 1 aromatic rings. The number of nitrogens with zero attached hydrogens (tertiary/aromatic N) is 2. The highest BCUT2D eigenvalue weighted by atomic mass is 16.5. The van der Waals surface area contributed by atoms with E-state index in [2.05, 4.69) is 33.0 Å². The SMILES string of the molecule is CC(O)C(NC(=O)NCc1nc(C(N)CO)no1)C(=O)O.CCCCCCNC(C)=O. The molecule has 3 unspecified atom stereocenters. The third kappa shape index (κ3) is 13.2. The smallest absolute Gasteiger partial charge is 0.328 e. The van der Waals surface area contributed by atoms with E-state index in [1.165, 1.54) is 26.2 Å². The van der Waals surface area contributed by atoms with Crippen LogP contribution in [0.1, 0.15) is 64.2 Å². The maximum atomic E-state index is 11.5. The summed E-state index contributed by atoms with van der Waals surface area (Å²) in [6, 6.07) is -3.05. The third-order valence-corrected chi connectivity index (χ3v) is 3.85. The Morgan fingerprint density at radius 1 is 1.19 bits per heavy atom. The van der Waals surface area contributed by atoms with Gasteiger partial charge in [-0.05, 0) is 13.3 Å². The van der Waals surface area contributed by atoms with Crippen LogP contribution in [0.15, 0.2) is 4.52 Å². The number of amides is 3. The van der Waals surface area contributed by atoms with Gasteiger partial charge in [-0.3, -0.25) is 4.79 Å². The van der Waals surface area contributed by atoms with Gasteiger partial charge in [0.25, 0.3) is 0 Å². The highest BCUT2D eigenvalue weighted by Crippen LogP contribution is 2.05. The fourth-order valence-corrected chi connectivity index (χ4v) is 2.13. The van der Waals surface area contributed by atoms with E-state index < -0.39 is 30.2 Å². The molecule has 31 heavy (non-hydrogen) atoms. The van der Waals surface area contributed by atoms with Crippen molar-refractivity contribution < 1.29 is 34.2 Å². The number of aliphatic hydroxyl groups excluding tert-OH is 2. The molecule has 3 atom stereocenters. The van der Waals surface area contributed by atoms with Crippen molar-refractivity contribution in [2.45, 2.75) is 71.2 Å². The summed E-state index contributed by atoms with van der Waals surface area (Å²) in [6.45, 7) is 5.29. The van der Waals surface area contributed by atoms with E-state index in [0.29, 0.717) is 0 Å². The number of aliphatic hydroxyl groups is 2. The molecule has 0 aromatic carbocycles. The standard InChI is InChI=1S/C10H17N5O6.C8H17NO/c1-4(17)7(9(18)19)14-10(20)12-2-6-13-8(15-21-6)5(11)3-16;1-3-4-5-6-7-9-8(2)10/h4-5,7,16-17H,2-3,11H2,1H3,(H,18,19)(H2,12,14,20);3-7H2,1-2H3,(H,9,10). The Morgan fingerprint density at radius 3 is 2.39 bits per heavy atom. The number of carboxylic acids is 1. The lowest BCUT2D eigenvalue weighted by Crippen LogP contribution is -2.51. The number of nitrogens with one attached hydrogen (secondary N) is 3. The van der Waals surface area contributed by atoms with Crippen molar-refractivity contribution in [2.75, 3.05) is 13.2 Å². The summed E-state index contributed by atoms with van der Waals surface area (Å²) in [5.41, 5.74) is 5.47. The van der Waals surface area contributed by atoms with Crippen LogP contribution in [0, 0.1) is 0 Å². The molecule has 0 fully saturated rings. The molecule has 8 N–H and O–H groups in total. The molecule has 0 aliphatic rings. The molecular formula is C18H34N6O7. The first-order chi connectivity index (χ1) is 14.6. The first kappa shape index (κ1) is 28.2. The highest BCUT2D eigenvalue weighted by Gasteiger charge is 2.25. The van der Waals surface area contributed by atoms with Crippen LogP contribution >= 0.6 is 0 Å². The number of hydrogen-bond donors (Lipinski definition) is 7. The topological polar surface area (TPSA) is 213 Å². The largest absolute Gasteiger partial charge is 0.480 e. The third-order valence-electron chi connectivity index (χ3n) is 3.85. The summed E-state index contributed by atoms with van der Waals surface area (Å²) in [7, 11) is 0. The van der Waals surface area contributed by atoms with Crippen LogP contribution in [0.2, 0.25) is 0 Å². The predicted molar refractivity (Wildman–Crippen MR) is 110 cm³/mol. The molecule has 0 bridgehead atoms. The summed E-state index contributed by atoms with van der Waals surface area (Å²) >= 11 is 0. The maximum absolute atomic E-state index is 11.5. The summed E-state index contributed by atoms with van der Waals surface area (Å²) in [5.74, 6) is -1.17. The minimum Gasteiger partial charge on any atom is -0.480 e. The molecule has 178 valence electrons. The quantitative estimate of drug-likeness (QED) is 0.202. The molecule has 1 heterocycles. The van der Waals surface area contributed by atoms with Crippen molar-refractivity contribution >= 4 is 17.9 Å². The zero-order valence-electron chi connectivity index (χ0n) is 18.1. The summed E-state index contributed by atoms with van der Waals surface area (Å²) in [6.07, 6.45) is 3.62. The molecule has 0 radical (unpaired) electrons. The minimum atomic E-state index is -1.44. The van der Waals surface area contributed by atoms with Gasteiger partial charge in [0.2, 0.25) is 11.8 Å². The summed E-state index contributed by atoms with van der Waals surface area (Å²) in [5, 5.41) is 37.4. The van der Waals surface area contributed by atoms with E-state index in [1.807, 2.05) is 0 Å². The number of rotatable bonds is 12. The number of aliphatic carboxylic acids is 1. The molecule has 0 saturated carbocycles. The van der Waals surface area contributed by atoms with Gasteiger partial charge in [0, 0.05) is 13.5 Å². The van der Waals surface area contributed by atoms with Gasteiger partial charge in [-0.25, -0.2) is 9.59 Å². The van der Waals surface area contributed by atoms with Crippen molar-refractivity contribution in [3.8, 4) is 0 Å². The average molecular weight is 447 g/mol. The van der Waals surface area contributed by atoms with Gasteiger partial charge in [-0.15, -0.1) is 0 Å². The van der Waals surface area contributed by atoms with Crippen LogP contribution in [0.3, 0.4) is 0 Å². The van der Waals surface area contributed by atoms with Crippen molar-refractivity contribution in [2.24, 2.45) is 5.73 Å². The molecule has 13 nitrogen and oxygen atoms in total. The predicted octanol–water partition coefficient (Wildman–Crippen LogP) is -0.602. The van der Waals surface area contributed by atoms with E-state index in [0.717, 1.165) is 13.0 Å². The molecular weight excluding hydrogens is 412 g/mol. The van der Waals surface area contributed by atoms with Crippen LogP contribution < -0.4 is 21.7 Å². The van der Waals surface area contributed by atoms with Crippen molar-refractivity contribution in [3.63, 3.8) is 0 Å². The fraction of sp³-hybridized carbons (Fsp3) is 0.722. The van der Waals surface area contributed by atoms with Gasteiger partial charge >= 0.3 is 12.0 Å². The Hall–Kier alpha value is -2.77. The second-order valence-electron chi connectivity index (χ2n) is 6.76. The average Bonchev–Trinajstić information content (AvgIpc) is 3.18. The van der Waals surface area contributed by atoms with Crippen molar-refractivity contribution in [3.05, 3.63) is 11.7 Å². The molecule has 0 saturated heterocycles. The number of carbonyl (C=O) groups is 3. The Labute approximate surface area is 180 Å². The number of urea groups is 1. The molecule has 13 heteroatoms. The summed E-state index contributed by atoms with van der Waals surface area (Å²) < 4.78 is 4.78. The van der Waals surface area contributed by atoms with E-state index in [-0.39, 0.29) is 30.8 Å². The lowest BCUT2D eigenvalue weighted by molar-refractivity contribution is -0.141. The molecule has 0 aliphatic carbocycles. The Balaban J connectivity index is 0.000000759. The van der Waals surface area contributed by atoms with Crippen LogP contribution in [-0.4, -0.2) is 68.7 Å². The van der Waals surface area contributed by atoms with Crippen molar-refractivity contribution in [1.29, 1.82) is 0 Å². The van der Waals surface area contributed by atoms with Crippen molar-refractivity contribution in [1.82, 2.24) is 26.1 Å². The Kier molecular flexibility index (Phi) is 14.6. The number of aromatic nitrogens is 2. The Morgan fingerprint density at radius 2 is 1.87 bits per heavy atom. The number of unbranched alkanes of at least 4 members (excludes halogenated alkanes) is 3. The van der Waals surface area contributed by atoms with Crippen LogP contribution in [0.25, 0.3) is 0 Å². The van der Waals surface area contributed by atoms with Crippen LogP contribution in [0.4, 0.5) is 4.79 Å². The monoisotopic (exact) mass is 446 g/mol. The van der Waals surface area contributed by atoms with E-state index >= 15 is 0 Å². The Bertz CT molecular complexity index is 668. The molecule has 0 spiro atoms. The van der Waals surface area contributed by atoms with Gasteiger partial charge < -0.3 is 41.5 Å². The zero-order valence-corrected chi connectivity index (χ0v) is 18.1. The maximum Gasteiger partial charge on any atom is 0.328 e. The zero-order chi connectivity index (χ0) is 23.8. The van der Waals surface area contributed by atoms with Gasteiger partial charge in [-0.2, -0.15) is 4.98 Å². The summed E-state index contributed by atoms with van der Waals surface area (Å²) in [4.78, 5) is 36.5. The van der Waals surface area contributed by atoms with Crippen LogP contribution in [0.5, 0.6) is 0 Å². The van der Waals surface area contributed by atoms with E-state index in [4.69, 9.17) is 20.5 Å². The lowest BCUT2D eigenvalue weighted by atomic mass is 10.2. The molecule has 3 amide bonds. The number of nitrogens with two attached hydrogens (primary N) is 1. The van der Waals surface area contributed by atoms with Gasteiger partial charge in [0.15, 0.2) is 11.9 Å². The van der Waals surface area contributed by atoms with E-state index in [1.54, 1.807) is 6.92 Å². The van der Waals surface area contributed by atoms with Crippen LogP contribution in [-0.2, 0) is 16.1 Å². The molecule has 0 aliphatic heterocycles. The molecule has 1 aromatic heterocycles. The first-order valence-corrected chi connectivity index (χ1v) is 10.0.